The Balaban J connectivity index is 2.63. The summed E-state index contributed by atoms with van der Waals surface area (Å²) in [5.41, 5.74) is -0.558. The molecule has 0 aliphatic rings. The Morgan fingerprint density at radius 2 is 2.10 bits per heavy atom. The van der Waals surface area contributed by atoms with E-state index in [1.807, 2.05) is 11.5 Å². The summed E-state index contributed by atoms with van der Waals surface area (Å²) < 4.78 is 1.85. The molecule has 20 heavy (non-hydrogen) atoms. The summed E-state index contributed by atoms with van der Waals surface area (Å²) in [6.07, 6.45) is 5.14. The number of aliphatic carboxylic acids is 1. The molecule has 0 aliphatic heterocycles. The first kappa shape index (κ1) is 16.0. The minimum Gasteiger partial charge on any atom is -0.480 e. The molecular formula is C13H22N4O3. The van der Waals surface area contributed by atoms with E-state index in [-0.39, 0.29) is 18.6 Å². The summed E-state index contributed by atoms with van der Waals surface area (Å²) in [5, 5.41) is 11.7. The third-order valence-electron chi connectivity index (χ3n) is 2.76. The summed E-state index contributed by atoms with van der Waals surface area (Å²) in [4.78, 5) is 28.3. The van der Waals surface area contributed by atoms with E-state index in [1.165, 1.54) is 4.90 Å². The van der Waals surface area contributed by atoms with E-state index in [0.717, 1.165) is 0 Å². The minimum atomic E-state index is -1.03. The Morgan fingerprint density at radius 3 is 2.55 bits per heavy atom. The van der Waals surface area contributed by atoms with Crippen LogP contribution in [0.3, 0.4) is 0 Å². The van der Waals surface area contributed by atoms with E-state index >= 15 is 0 Å². The van der Waals surface area contributed by atoms with Crippen LogP contribution in [0, 0.1) is 0 Å². The van der Waals surface area contributed by atoms with Gasteiger partial charge >= 0.3 is 12.0 Å². The zero-order valence-electron chi connectivity index (χ0n) is 12.3. The lowest BCUT2D eigenvalue weighted by atomic mass is 10.1. The van der Waals surface area contributed by atoms with Gasteiger partial charge in [0.1, 0.15) is 6.54 Å². The summed E-state index contributed by atoms with van der Waals surface area (Å²) in [6, 6.07) is -0.511. The third kappa shape index (κ3) is 4.91. The van der Waals surface area contributed by atoms with Gasteiger partial charge in [-0.15, -0.1) is 0 Å². The number of carboxylic acids is 1. The van der Waals surface area contributed by atoms with Gasteiger partial charge in [0.2, 0.25) is 0 Å². The maximum absolute atomic E-state index is 12.2. The van der Waals surface area contributed by atoms with E-state index in [2.05, 4.69) is 10.3 Å². The molecule has 1 aromatic heterocycles. The lowest BCUT2D eigenvalue weighted by Gasteiger charge is -2.35. The third-order valence-corrected chi connectivity index (χ3v) is 2.76. The fourth-order valence-corrected chi connectivity index (χ4v) is 1.79. The van der Waals surface area contributed by atoms with E-state index in [1.54, 1.807) is 39.5 Å². The van der Waals surface area contributed by atoms with Gasteiger partial charge in [0.25, 0.3) is 0 Å². The van der Waals surface area contributed by atoms with Gasteiger partial charge in [0.15, 0.2) is 0 Å². The van der Waals surface area contributed by atoms with Crippen molar-refractivity contribution in [2.24, 2.45) is 0 Å². The second kappa shape index (κ2) is 6.40. The number of hydrogen-bond acceptors (Lipinski definition) is 3. The summed E-state index contributed by atoms with van der Waals surface area (Å²) in [7, 11) is 0. The van der Waals surface area contributed by atoms with Crippen molar-refractivity contribution in [3.63, 3.8) is 0 Å². The average molecular weight is 282 g/mol. The number of nitrogens with zero attached hydrogens (tertiary/aromatic N) is 3. The fourth-order valence-electron chi connectivity index (χ4n) is 1.79. The van der Waals surface area contributed by atoms with Crippen molar-refractivity contribution < 1.29 is 14.7 Å². The Bertz CT molecular complexity index is 451. The SMILES string of the molecule is CC(Cn1ccnc1)NC(=O)N(CC(=O)O)C(C)(C)C. The molecule has 0 saturated carbocycles. The molecule has 0 radical (unpaired) electrons. The monoisotopic (exact) mass is 282 g/mol. The van der Waals surface area contributed by atoms with Gasteiger partial charge in [0, 0.05) is 30.5 Å². The number of aromatic nitrogens is 2. The molecule has 0 spiro atoms. The van der Waals surface area contributed by atoms with Crippen LogP contribution in [0.4, 0.5) is 4.79 Å². The molecule has 2 N–H and O–H groups in total. The number of hydrogen-bond donors (Lipinski definition) is 2. The number of carbonyl (C=O) groups excluding carboxylic acids is 1. The van der Waals surface area contributed by atoms with Crippen LogP contribution in [-0.4, -0.2) is 49.7 Å². The Hall–Kier alpha value is -2.05. The number of carboxylic acid groups (broad SMARTS) is 1. The molecule has 1 atom stereocenters. The van der Waals surface area contributed by atoms with E-state index in [9.17, 15) is 9.59 Å². The molecule has 1 aromatic rings. The predicted molar refractivity (Wildman–Crippen MR) is 74.3 cm³/mol. The number of urea groups is 1. The van der Waals surface area contributed by atoms with Crippen molar-refractivity contribution in [1.82, 2.24) is 19.8 Å². The molecule has 0 bridgehead atoms. The minimum absolute atomic E-state index is 0.129. The normalized spacial score (nSPS) is 12.8. The molecule has 0 saturated heterocycles. The first-order valence-corrected chi connectivity index (χ1v) is 6.46. The highest BCUT2D eigenvalue weighted by molar-refractivity contribution is 5.80. The van der Waals surface area contributed by atoms with E-state index < -0.39 is 11.5 Å². The topological polar surface area (TPSA) is 87.5 Å². The molecule has 1 unspecified atom stereocenters. The molecule has 112 valence electrons. The highest BCUT2D eigenvalue weighted by Gasteiger charge is 2.29. The molecule has 1 rings (SSSR count). The molecular weight excluding hydrogens is 260 g/mol. The lowest BCUT2D eigenvalue weighted by molar-refractivity contribution is -0.138. The van der Waals surface area contributed by atoms with Crippen LogP contribution in [-0.2, 0) is 11.3 Å². The summed E-state index contributed by atoms with van der Waals surface area (Å²) in [6.45, 7) is 7.52. The Kier molecular flexibility index (Phi) is 5.12. The van der Waals surface area contributed by atoms with Crippen LogP contribution < -0.4 is 5.32 Å². The average Bonchev–Trinajstić information content (AvgIpc) is 2.76. The zero-order valence-corrected chi connectivity index (χ0v) is 12.3. The highest BCUT2D eigenvalue weighted by Crippen LogP contribution is 2.13. The number of rotatable bonds is 5. The van der Waals surface area contributed by atoms with Crippen molar-refractivity contribution >= 4 is 12.0 Å². The highest BCUT2D eigenvalue weighted by atomic mass is 16.4. The maximum atomic E-state index is 12.2. The first-order chi connectivity index (χ1) is 9.20. The van der Waals surface area contributed by atoms with E-state index in [4.69, 9.17) is 5.11 Å². The van der Waals surface area contributed by atoms with Gasteiger partial charge in [-0.2, -0.15) is 0 Å². The Labute approximate surface area is 118 Å². The van der Waals surface area contributed by atoms with Crippen molar-refractivity contribution in [2.75, 3.05) is 6.54 Å². The first-order valence-electron chi connectivity index (χ1n) is 6.46. The van der Waals surface area contributed by atoms with Crippen LogP contribution in [0.15, 0.2) is 18.7 Å². The van der Waals surface area contributed by atoms with Crippen molar-refractivity contribution in [3.05, 3.63) is 18.7 Å². The van der Waals surface area contributed by atoms with Crippen LogP contribution in [0.25, 0.3) is 0 Å². The lowest BCUT2D eigenvalue weighted by Crippen LogP contribution is -2.54. The maximum Gasteiger partial charge on any atom is 0.323 e. The number of carbonyl (C=O) groups is 2. The summed E-state index contributed by atoms with van der Waals surface area (Å²) >= 11 is 0. The molecule has 0 aliphatic carbocycles. The largest absolute Gasteiger partial charge is 0.480 e. The van der Waals surface area contributed by atoms with Crippen LogP contribution >= 0.6 is 0 Å². The van der Waals surface area contributed by atoms with Crippen LogP contribution in [0.5, 0.6) is 0 Å². The van der Waals surface area contributed by atoms with Gasteiger partial charge in [-0.25, -0.2) is 9.78 Å². The van der Waals surface area contributed by atoms with Crippen molar-refractivity contribution in [1.29, 1.82) is 0 Å². The van der Waals surface area contributed by atoms with Gasteiger partial charge in [-0.1, -0.05) is 0 Å². The van der Waals surface area contributed by atoms with Crippen molar-refractivity contribution in [3.8, 4) is 0 Å². The van der Waals surface area contributed by atoms with Crippen LogP contribution in [0.1, 0.15) is 27.7 Å². The smallest absolute Gasteiger partial charge is 0.323 e. The number of imidazole rings is 1. The fraction of sp³-hybridized carbons (Fsp3) is 0.615. The van der Waals surface area contributed by atoms with Gasteiger partial charge in [-0.05, 0) is 27.7 Å². The summed E-state index contributed by atoms with van der Waals surface area (Å²) in [5.74, 6) is -1.03. The molecule has 0 aromatic carbocycles. The number of amides is 2. The molecule has 7 heteroatoms. The van der Waals surface area contributed by atoms with E-state index in [0.29, 0.717) is 6.54 Å². The number of nitrogens with one attached hydrogen (secondary N) is 1. The van der Waals surface area contributed by atoms with Gasteiger partial charge in [-0.3, -0.25) is 4.79 Å². The van der Waals surface area contributed by atoms with Gasteiger partial charge < -0.3 is 19.9 Å². The standard InChI is InChI=1S/C13H22N4O3/c1-10(7-16-6-5-14-9-16)15-12(20)17(8-11(18)19)13(2,3)4/h5-6,9-10H,7-8H2,1-4H3,(H,15,20)(H,18,19). The molecule has 2 amide bonds. The Morgan fingerprint density at radius 1 is 1.45 bits per heavy atom. The molecule has 7 nitrogen and oxygen atoms in total. The molecule has 0 fully saturated rings. The quantitative estimate of drug-likeness (QED) is 0.848. The molecule has 1 heterocycles. The second-order valence-electron chi connectivity index (χ2n) is 5.76. The zero-order chi connectivity index (χ0) is 15.3. The van der Waals surface area contributed by atoms with Gasteiger partial charge in [0.05, 0.1) is 6.33 Å². The van der Waals surface area contributed by atoms with Crippen molar-refractivity contribution in [2.45, 2.75) is 45.8 Å². The second-order valence-corrected chi connectivity index (χ2v) is 5.76. The predicted octanol–water partition coefficient (Wildman–Crippen LogP) is 1.17. The van der Waals surface area contributed by atoms with Crippen LogP contribution in [0.2, 0.25) is 0 Å².